The molecule has 0 unspecified atom stereocenters. The maximum absolute atomic E-state index is 12.8. The van der Waals surface area contributed by atoms with Crippen LogP contribution >= 0.6 is 0 Å². The second-order valence-corrected chi connectivity index (χ2v) is 18.1. The molecule has 230 valence electrons. The second kappa shape index (κ2) is 14.2. The number of hydrogen-bond acceptors (Lipinski definition) is 5. The van der Waals surface area contributed by atoms with Crippen molar-refractivity contribution >= 4 is 24.9 Å². The second-order valence-electron chi connectivity index (χ2n) is 12.5. The van der Waals surface area contributed by atoms with E-state index in [1.807, 2.05) is 53.3 Å². The molecule has 2 aromatic heterocycles. The molecule has 0 aliphatic rings. The highest BCUT2D eigenvalue weighted by molar-refractivity contribution is 6.76. The summed E-state index contributed by atoms with van der Waals surface area (Å²) in [5.74, 6) is 0.178. The molecule has 9 heteroatoms. The first-order chi connectivity index (χ1) is 21.2. The van der Waals surface area contributed by atoms with Crippen LogP contribution in [0, 0.1) is 0 Å². The first kappa shape index (κ1) is 31.4. The molecule has 8 nitrogen and oxygen atoms in total. The molecule has 0 bridgehead atoms. The molecule has 0 saturated heterocycles. The van der Waals surface area contributed by atoms with Crippen LogP contribution in [0.3, 0.4) is 0 Å². The van der Waals surface area contributed by atoms with Crippen molar-refractivity contribution in [2.75, 3.05) is 13.2 Å². The number of nitrogens with zero attached hydrogens (tertiary/aromatic N) is 4. The van der Waals surface area contributed by atoms with Crippen molar-refractivity contribution in [3.05, 3.63) is 90.4 Å². The van der Waals surface area contributed by atoms with E-state index >= 15 is 0 Å². The minimum Gasteiger partial charge on any atom is -0.396 e. The third kappa shape index (κ3) is 7.53. The van der Waals surface area contributed by atoms with E-state index in [9.17, 15) is 4.79 Å². The van der Waals surface area contributed by atoms with Gasteiger partial charge in [-0.3, -0.25) is 9.36 Å². The minimum absolute atomic E-state index is 0.221. The van der Waals surface area contributed by atoms with Crippen molar-refractivity contribution in [2.45, 2.75) is 64.5 Å². The molecular weight excluding hydrogens is 567 g/mol. The number of ether oxygens (including phenoxy) is 1. The van der Waals surface area contributed by atoms with Gasteiger partial charge in [-0.2, -0.15) is 5.10 Å². The van der Waals surface area contributed by atoms with E-state index in [1.54, 1.807) is 6.07 Å². The summed E-state index contributed by atoms with van der Waals surface area (Å²) >= 11 is 0. The Morgan fingerprint density at radius 1 is 0.977 bits per heavy atom. The number of unbranched alkanes of at least 4 members (excludes halogenated alkanes) is 3. The quantitative estimate of drug-likeness (QED) is 0.0976. The monoisotopic (exact) mass is 609 g/mol. The van der Waals surface area contributed by atoms with E-state index in [-0.39, 0.29) is 6.61 Å². The lowest BCUT2D eigenvalue weighted by molar-refractivity contribution is 0.0817. The van der Waals surface area contributed by atoms with Crippen LogP contribution < -0.4 is 5.73 Å². The topological polar surface area (TPSA) is 108 Å². The number of rotatable bonds is 15. The molecular formula is C35H43N5O3Si. The molecule has 0 atom stereocenters. The van der Waals surface area contributed by atoms with Crippen molar-refractivity contribution < 1.29 is 14.6 Å². The molecule has 5 rings (SSSR count). The zero-order valence-corrected chi connectivity index (χ0v) is 27.0. The minimum atomic E-state index is -1.16. The number of carbonyl (C=O) groups is 1. The van der Waals surface area contributed by atoms with Gasteiger partial charge in [-0.05, 0) is 66.8 Å². The Bertz CT molecular complexity index is 1700. The van der Waals surface area contributed by atoms with Crippen molar-refractivity contribution in [1.82, 2.24) is 19.3 Å². The molecule has 5 aromatic rings. The number of aromatic nitrogens is 4. The molecule has 3 N–H and O–H groups in total. The van der Waals surface area contributed by atoms with Crippen LogP contribution in [0.25, 0.3) is 39.1 Å². The molecule has 2 heterocycles. The fraction of sp³-hybridized carbons (Fsp3) is 0.343. The number of para-hydroxylation sites is 1. The SMILES string of the molecule is C[Si](C)(C)CCOCn1ncc2cc(-c3cccc(C(N)=O)c3-c3nc(CCCCCCO)cn3-c3ccccc3)ccc21. The molecule has 0 radical (unpaired) electrons. The van der Waals surface area contributed by atoms with Gasteiger partial charge in [0.1, 0.15) is 12.6 Å². The number of aliphatic hydroxyl groups is 1. The molecule has 0 aliphatic carbocycles. The smallest absolute Gasteiger partial charge is 0.249 e. The van der Waals surface area contributed by atoms with E-state index in [1.165, 1.54) is 0 Å². The third-order valence-corrected chi connectivity index (χ3v) is 9.55. The van der Waals surface area contributed by atoms with Crippen LogP contribution in [0.5, 0.6) is 0 Å². The van der Waals surface area contributed by atoms with E-state index in [4.69, 9.17) is 20.6 Å². The molecule has 0 fully saturated rings. The van der Waals surface area contributed by atoms with Crippen LogP contribution in [0.2, 0.25) is 25.7 Å². The summed E-state index contributed by atoms with van der Waals surface area (Å²) < 4.78 is 9.91. The van der Waals surface area contributed by atoms with Crippen LogP contribution in [-0.4, -0.2) is 51.6 Å². The van der Waals surface area contributed by atoms with Crippen molar-refractivity contribution in [3.8, 4) is 28.2 Å². The zero-order valence-electron chi connectivity index (χ0n) is 26.0. The lowest BCUT2D eigenvalue weighted by atomic mass is 9.93. The fourth-order valence-corrected chi connectivity index (χ4v) is 6.17. The lowest BCUT2D eigenvalue weighted by Gasteiger charge is -2.16. The van der Waals surface area contributed by atoms with Gasteiger partial charge in [-0.15, -0.1) is 0 Å². The number of aliphatic hydroxyl groups excluding tert-OH is 1. The summed E-state index contributed by atoms with van der Waals surface area (Å²) in [7, 11) is -1.16. The van der Waals surface area contributed by atoms with Crippen molar-refractivity contribution in [2.24, 2.45) is 5.73 Å². The van der Waals surface area contributed by atoms with Crippen LogP contribution in [0.1, 0.15) is 41.7 Å². The number of amides is 1. The first-order valence-corrected chi connectivity index (χ1v) is 19.2. The van der Waals surface area contributed by atoms with Gasteiger partial charge in [0.25, 0.3) is 0 Å². The standard InChI is InChI=1S/C35H43N5O3Si/c1-44(2,3)21-20-43-25-40-32-18-17-26(22-27(32)23-37-40)30-15-11-16-31(34(36)42)33(30)35-38-28(12-7-4-5-10-19-41)24-39(35)29-13-8-6-9-14-29/h6,8-9,11,13-18,22-24,41H,4-5,7,10,12,19-21,25H2,1-3H3,(H2,36,42). The summed E-state index contributed by atoms with van der Waals surface area (Å²) in [6, 6.07) is 23.0. The van der Waals surface area contributed by atoms with Crippen LogP contribution in [0.4, 0.5) is 0 Å². The third-order valence-electron chi connectivity index (χ3n) is 7.85. The molecule has 0 saturated carbocycles. The number of aryl methyl sites for hydroxylation is 1. The highest BCUT2D eigenvalue weighted by Crippen LogP contribution is 2.37. The number of nitrogens with two attached hydrogens (primary N) is 1. The Balaban J connectivity index is 1.53. The normalized spacial score (nSPS) is 11.8. The van der Waals surface area contributed by atoms with E-state index in [2.05, 4.69) is 53.7 Å². The predicted octanol–water partition coefficient (Wildman–Crippen LogP) is 7.06. The van der Waals surface area contributed by atoms with Gasteiger partial charge in [0.15, 0.2) is 0 Å². The van der Waals surface area contributed by atoms with E-state index in [0.717, 1.165) is 78.2 Å². The summed E-state index contributed by atoms with van der Waals surface area (Å²) in [4.78, 5) is 18.0. The highest BCUT2D eigenvalue weighted by Gasteiger charge is 2.22. The van der Waals surface area contributed by atoms with Gasteiger partial charge in [0, 0.05) is 44.1 Å². The lowest BCUT2D eigenvalue weighted by Crippen LogP contribution is -2.22. The number of benzene rings is 3. The van der Waals surface area contributed by atoms with Gasteiger partial charge < -0.3 is 15.6 Å². The molecule has 0 aliphatic heterocycles. The molecule has 1 amide bonds. The average molecular weight is 610 g/mol. The van der Waals surface area contributed by atoms with E-state index in [0.29, 0.717) is 23.7 Å². The summed E-state index contributed by atoms with van der Waals surface area (Å²) in [5, 5.41) is 14.7. The van der Waals surface area contributed by atoms with Crippen LogP contribution in [0.15, 0.2) is 79.1 Å². The number of hydrogen-bond donors (Lipinski definition) is 2. The summed E-state index contributed by atoms with van der Waals surface area (Å²) in [6.07, 6.45) is 8.52. The molecule has 0 spiro atoms. The van der Waals surface area contributed by atoms with Gasteiger partial charge in [0.05, 0.1) is 23.0 Å². The maximum Gasteiger partial charge on any atom is 0.249 e. The van der Waals surface area contributed by atoms with Gasteiger partial charge in [0.2, 0.25) is 5.91 Å². The largest absolute Gasteiger partial charge is 0.396 e. The Morgan fingerprint density at radius 2 is 1.77 bits per heavy atom. The Hall–Kier alpha value is -4.05. The average Bonchev–Trinajstić information content (AvgIpc) is 3.62. The Kier molecular flexibility index (Phi) is 10.1. The summed E-state index contributed by atoms with van der Waals surface area (Å²) in [6.45, 7) is 8.40. The number of fused-ring (bicyclic) bond motifs is 1. The fourth-order valence-electron chi connectivity index (χ4n) is 5.41. The van der Waals surface area contributed by atoms with Gasteiger partial charge >= 0.3 is 0 Å². The Morgan fingerprint density at radius 3 is 2.52 bits per heavy atom. The zero-order chi connectivity index (χ0) is 31.1. The number of carbonyl (C=O) groups excluding carboxylic acids is 1. The highest BCUT2D eigenvalue weighted by atomic mass is 28.3. The van der Waals surface area contributed by atoms with Gasteiger partial charge in [-0.1, -0.05) is 68.9 Å². The molecule has 44 heavy (non-hydrogen) atoms. The van der Waals surface area contributed by atoms with Gasteiger partial charge in [-0.25, -0.2) is 9.67 Å². The van der Waals surface area contributed by atoms with E-state index < -0.39 is 14.0 Å². The number of primary amides is 1. The van der Waals surface area contributed by atoms with Crippen molar-refractivity contribution in [1.29, 1.82) is 0 Å². The van der Waals surface area contributed by atoms with Crippen LogP contribution in [-0.2, 0) is 17.9 Å². The molecule has 3 aromatic carbocycles. The maximum atomic E-state index is 12.8. The predicted molar refractivity (Wildman–Crippen MR) is 180 cm³/mol. The summed E-state index contributed by atoms with van der Waals surface area (Å²) in [5.41, 5.74) is 11.8. The Labute approximate surface area is 260 Å². The van der Waals surface area contributed by atoms with Crippen molar-refractivity contribution in [3.63, 3.8) is 0 Å². The number of imidazole rings is 1. The first-order valence-electron chi connectivity index (χ1n) is 15.5.